The van der Waals surface area contributed by atoms with Gasteiger partial charge >= 0.3 is 12.0 Å². The van der Waals surface area contributed by atoms with E-state index in [1.807, 2.05) is 19.1 Å². The van der Waals surface area contributed by atoms with Crippen LogP contribution in [0.4, 0.5) is 4.79 Å². The third-order valence-electron chi connectivity index (χ3n) is 3.93. The molecule has 0 aromatic heterocycles. The molecule has 10 heteroatoms. The molecule has 1 saturated heterocycles. The summed E-state index contributed by atoms with van der Waals surface area (Å²) in [5.74, 6) is -1.37. The molecule has 1 aliphatic heterocycles. The van der Waals surface area contributed by atoms with Gasteiger partial charge < -0.3 is 10.1 Å². The Hall–Kier alpha value is -2.72. The third-order valence-corrected chi connectivity index (χ3v) is 5.03. The zero-order valence-electron chi connectivity index (χ0n) is 15.7. The smallest absolute Gasteiger partial charge is 0.324 e. The largest absolute Gasteiger partial charge is 0.452 e. The summed E-state index contributed by atoms with van der Waals surface area (Å²) in [4.78, 5) is 36.2. The number of esters is 1. The van der Waals surface area contributed by atoms with E-state index in [4.69, 9.17) is 4.74 Å². The number of urea groups is 1. The standard InChI is InChI=1S/C18H23N3O6S/c1-13-3-5-15(6-4-13)8-12-28(25,26)20-9-7-16(22)27-14(2)17(23)21-11-10-19-18(21)24/h3-6,8,12,14,20H,7,9-11H2,1-2H3,(H,19,24)/b12-8+/t14-/m1/s1. The summed E-state index contributed by atoms with van der Waals surface area (Å²) in [5.41, 5.74) is 1.79. The van der Waals surface area contributed by atoms with Gasteiger partial charge in [0.1, 0.15) is 0 Å². The van der Waals surface area contributed by atoms with Crippen LogP contribution < -0.4 is 10.0 Å². The molecule has 1 aliphatic rings. The molecule has 0 bridgehead atoms. The van der Waals surface area contributed by atoms with Crippen LogP contribution in [-0.2, 0) is 24.3 Å². The van der Waals surface area contributed by atoms with E-state index in [1.54, 1.807) is 12.1 Å². The Kier molecular flexibility index (Phi) is 7.30. The first-order valence-corrected chi connectivity index (χ1v) is 10.3. The predicted octanol–water partition coefficient (Wildman–Crippen LogP) is 0.759. The molecule has 3 amide bonds. The summed E-state index contributed by atoms with van der Waals surface area (Å²) >= 11 is 0. The molecular formula is C18H23N3O6S. The van der Waals surface area contributed by atoms with Crippen molar-refractivity contribution < 1.29 is 27.5 Å². The van der Waals surface area contributed by atoms with E-state index in [0.717, 1.165) is 21.4 Å². The highest BCUT2D eigenvalue weighted by atomic mass is 32.2. The van der Waals surface area contributed by atoms with Gasteiger partial charge in [-0.1, -0.05) is 29.8 Å². The third kappa shape index (κ3) is 6.46. The Morgan fingerprint density at radius 2 is 2.00 bits per heavy atom. The number of ether oxygens (including phenoxy) is 1. The van der Waals surface area contributed by atoms with Crippen molar-refractivity contribution in [2.45, 2.75) is 26.4 Å². The maximum atomic E-state index is 12.0. The Bertz CT molecular complexity index is 864. The molecule has 0 aliphatic carbocycles. The number of carbonyl (C=O) groups excluding carboxylic acids is 3. The second-order valence-corrected chi connectivity index (χ2v) is 7.91. The number of nitrogens with one attached hydrogen (secondary N) is 2. The monoisotopic (exact) mass is 409 g/mol. The van der Waals surface area contributed by atoms with Crippen molar-refractivity contribution in [2.75, 3.05) is 19.6 Å². The first kappa shape index (κ1) is 21.6. The highest BCUT2D eigenvalue weighted by Gasteiger charge is 2.31. The molecule has 1 aromatic carbocycles. The van der Waals surface area contributed by atoms with Gasteiger partial charge in [-0.25, -0.2) is 17.9 Å². The van der Waals surface area contributed by atoms with Gasteiger partial charge in [0.05, 0.1) is 6.42 Å². The molecule has 2 rings (SSSR count). The van der Waals surface area contributed by atoms with Crippen LogP contribution >= 0.6 is 0 Å². The van der Waals surface area contributed by atoms with Crippen LogP contribution in [0, 0.1) is 6.92 Å². The van der Waals surface area contributed by atoms with E-state index >= 15 is 0 Å². The van der Waals surface area contributed by atoms with E-state index in [2.05, 4.69) is 10.0 Å². The molecule has 1 atom stereocenters. The van der Waals surface area contributed by atoms with E-state index in [0.29, 0.717) is 6.54 Å². The Morgan fingerprint density at radius 3 is 2.61 bits per heavy atom. The summed E-state index contributed by atoms with van der Waals surface area (Å²) in [5, 5.41) is 3.49. The fourth-order valence-corrected chi connectivity index (χ4v) is 3.22. The minimum absolute atomic E-state index is 0.176. The van der Waals surface area contributed by atoms with Gasteiger partial charge in [0.15, 0.2) is 6.10 Å². The quantitative estimate of drug-likeness (QED) is 0.611. The maximum absolute atomic E-state index is 12.0. The number of aryl methyl sites for hydroxylation is 1. The summed E-state index contributed by atoms with van der Waals surface area (Å²) < 4.78 is 31.1. The van der Waals surface area contributed by atoms with Gasteiger partial charge in [0.2, 0.25) is 10.0 Å². The van der Waals surface area contributed by atoms with Crippen LogP contribution in [0.3, 0.4) is 0 Å². The SMILES string of the molecule is Cc1ccc(/C=C/S(=O)(=O)NCCC(=O)O[C@H](C)C(=O)N2CCNC2=O)cc1. The van der Waals surface area contributed by atoms with Crippen LogP contribution in [0.1, 0.15) is 24.5 Å². The Balaban J connectivity index is 1.76. The minimum atomic E-state index is -3.72. The van der Waals surface area contributed by atoms with Gasteiger partial charge in [-0.15, -0.1) is 0 Å². The lowest BCUT2D eigenvalue weighted by Gasteiger charge is -2.18. The van der Waals surface area contributed by atoms with Crippen molar-refractivity contribution in [1.29, 1.82) is 0 Å². The molecule has 9 nitrogen and oxygen atoms in total. The first-order valence-electron chi connectivity index (χ1n) is 8.71. The van der Waals surface area contributed by atoms with Gasteiger partial charge in [0, 0.05) is 25.0 Å². The van der Waals surface area contributed by atoms with Crippen molar-refractivity contribution >= 4 is 34.0 Å². The molecule has 1 aromatic rings. The normalized spacial score (nSPS) is 15.5. The van der Waals surface area contributed by atoms with E-state index in [1.165, 1.54) is 13.0 Å². The number of nitrogens with zero attached hydrogens (tertiary/aromatic N) is 1. The van der Waals surface area contributed by atoms with Gasteiger partial charge in [-0.2, -0.15) is 0 Å². The molecule has 0 unspecified atom stereocenters. The second kappa shape index (κ2) is 9.47. The zero-order valence-corrected chi connectivity index (χ0v) is 16.5. The first-order chi connectivity index (χ1) is 13.2. The average molecular weight is 409 g/mol. The van der Waals surface area contributed by atoms with Crippen molar-refractivity contribution in [3.05, 3.63) is 40.8 Å². The van der Waals surface area contributed by atoms with Gasteiger partial charge in [-0.3, -0.25) is 14.5 Å². The fourth-order valence-electron chi connectivity index (χ4n) is 2.40. The number of amides is 3. The van der Waals surface area contributed by atoms with Crippen LogP contribution in [0.2, 0.25) is 0 Å². The summed E-state index contributed by atoms with van der Waals surface area (Å²) in [6, 6.07) is 6.78. The number of sulfonamides is 1. The molecule has 0 saturated carbocycles. The Morgan fingerprint density at radius 1 is 1.32 bits per heavy atom. The number of benzene rings is 1. The molecule has 2 N–H and O–H groups in total. The molecule has 0 radical (unpaired) electrons. The van der Waals surface area contributed by atoms with Gasteiger partial charge in [-0.05, 0) is 25.5 Å². The van der Waals surface area contributed by atoms with E-state index in [-0.39, 0.29) is 19.5 Å². The minimum Gasteiger partial charge on any atom is -0.452 e. The van der Waals surface area contributed by atoms with Crippen LogP contribution in [0.15, 0.2) is 29.7 Å². The van der Waals surface area contributed by atoms with Crippen LogP contribution in [-0.4, -0.2) is 57.0 Å². The topological polar surface area (TPSA) is 122 Å². The zero-order chi connectivity index (χ0) is 20.7. The highest BCUT2D eigenvalue weighted by molar-refractivity contribution is 7.92. The summed E-state index contributed by atoms with van der Waals surface area (Å²) in [6.07, 6.45) is 0.0676. The van der Waals surface area contributed by atoms with Crippen LogP contribution in [0.25, 0.3) is 6.08 Å². The van der Waals surface area contributed by atoms with E-state index < -0.39 is 34.0 Å². The molecule has 1 heterocycles. The number of hydrogen-bond acceptors (Lipinski definition) is 6. The lowest BCUT2D eigenvalue weighted by molar-refractivity contribution is -0.157. The lowest BCUT2D eigenvalue weighted by atomic mass is 10.2. The summed E-state index contributed by atoms with van der Waals surface area (Å²) in [6.45, 7) is 3.68. The van der Waals surface area contributed by atoms with Crippen LogP contribution in [0.5, 0.6) is 0 Å². The number of carbonyl (C=O) groups is 3. The lowest BCUT2D eigenvalue weighted by Crippen LogP contribution is -2.42. The maximum Gasteiger partial charge on any atom is 0.324 e. The fraction of sp³-hybridized carbons (Fsp3) is 0.389. The molecule has 0 spiro atoms. The number of hydrogen-bond donors (Lipinski definition) is 2. The molecule has 28 heavy (non-hydrogen) atoms. The number of imide groups is 1. The summed E-state index contributed by atoms with van der Waals surface area (Å²) in [7, 11) is -3.72. The average Bonchev–Trinajstić information content (AvgIpc) is 3.06. The molecule has 1 fully saturated rings. The van der Waals surface area contributed by atoms with E-state index in [9.17, 15) is 22.8 Å². The second-order valence-electron chi connectivity index (χ2n) is 6.26. The van der Waals surface area contributed by atoms with Gasteiger partial charge in [0.25, 0.3) is 5.91 Å². The molecular weight excluding hydrogens is 386 g/mol. The molecule has 152 valence electrons. The Labute approximate surface area is 163 Å². The van der Waals surface area contributed by atoms with Crippen molar-refractivity contribution in [1.82, 2.24) is 14.9 Å². The van der Waals surface area contributed by atoms with Crippen molar-refractivity contribution in [3.8, 4) is 0 Å². The van der Waals surface area contributed by atoms with Crippen molar-refractivity contribution in [2.24, 2.45) is 0 Å². The van der Waals surface area contributed by atoms with Crippen molar-refractivity contribution in [3.63, 3.8) is 0 Å². The predicted molar refractivity (Wildman–Crippen MR) is 102 cm³/mol. The highest BCUT2D eigenvalue weighted by Crippen LogP contribution is 2.07. The number of rotatable bonds is 8.